The molecule has 0 aliphatic heterocycles. The zero-order valence-electron chi connectivity index (χ0n) is 13.7. The maximum absolute atomic E-state index is 10.9. The molecule has 116 valence electrons. The second-order valence-electron chi connectivity index (χ2n) is 6.88. The highest BCUT2D eigenvalue weighted by Crippen LogP contribution is 2.36. The fraction of sp³-hybridized carbons (Fsp3) is 0.273. The summed E-state index contributed by atoms with van der Waals surface area (Å²) in [6.45, 7) is 4.38. The van der Waals surface area contributed by atoms with Crippen LogP contribution in [0, 0.1) is 0 Å². The standard InChI is InChI=1S/C22H22O/c1-14(2)15-6-10-18(11-7-15)22(23)20-13-12-17-9-8-16-4-3-5-19(20)21(16)17/h3-7,10-14,22-23H,8-9H2,1-2H3. The van der Waals surface area contributed by atoms with Crippen molar-refractivity contribution in [2.45, 2.75) is 38.7 Å². The van der Waals surface area contributed by atoms with Gasteiger partial charge in [0.25, 0.3) is 0 Å². The summed E-state index contributed by atoms with van der Waals surface area (Å²) in [6, 6.07) is 19.2. The molecular formula is C22H22O. The van der Waals surface area contributed by atoms with Crippen molar-refractivity contribution in [2.75, 3.05) is 0 Å². The van der Waals surface area contributed by atoms with Gasteiger partial charge in [-0.05, 0) is 57.3 Å². The number of rotatable bonds is 3. The summed E-state index contributed by atoms with van der Waals surface area (Å²) < 4.78 is 0. The Balaban J connectivity index is 1.80. The van der Waals surface area contributed by atoms with E-state index in [-0.39, 0.29) is 0 Å². The molecule has 0 saturated carbocycles. The third-order valence-corrected chi connectivity index (χ3v) is 5.12. The number of hydrogen-bond donors (Lipinski definition) is 1. The SMILES string of the molecule is CC(C)c1ccc(C(O)c2ccc3c4c(cccc24)CC3)cc1. The summed E-state index contributed by atoms with van der Waals surface area (Å²) in [5.41, 5.74) is 6.13. The first-order valence-electron chi connectivity index (χ1n) is 8.46. The first-order valence-corrected chi connectivity index (χ1v) is 8.46. The smallest absolute Gasteiger partial charge is 0.105 e. The van der Waals surface area contributed by atoms with Crippen molar-refractivity contribution in [2.24, 2.45) is 0 Å². The Labute approximate surface area is 137 Å². The van der Waals surface area contributed by atoms with E-state index in [1.165, 1.54) is 27.5 Å². The minimum Gasteiger partial charge on any atom is -0.384 e. The summed E-state index contributed by atoms with van der Waals surface area (Å²) in [6.07, 6.45) is 1.67. The van der Waals surface area contributed by atoms with Gasteiger partial charge < -0.3 is 5.11 Å². The molecule has 1 aliphatic rings. The van der Waals surface area contributed by atoms with E-state index in [0.29, 0.717) is 5.92 Å². The van der Waals surface area contributed by atoms with E-state index in [1.807, 2.05) is 0 Å². The van der Waals surface area contributed by atoms with Crippen LogP contribution in [0.5, 0.6) is 0 Å². The van der Waals surface area contributed by atoms with Crippen LogP contribution in [-0.2, 0) is 12.8 Å². The second kappa shape index (κ2) is 5.50. The van der Waals surface area contributed by atoms with Gasteiger partial charge in [0, 0.05) is 0 Å². The van der Waals surface area contributed by atoms with Crippen molar-refractivity contribution in [1.29, 1.82) is 0 Å². The molecule has 0 saturated heterocycles. The van der Waals surface area contributed by atoms with Gasteiger partial charge in [0.05, 0.1) is 0 Å². The lowest BCUT2D eigenvalue weighted by Gasteiger charge is -2.16. The third-order valence-electron chi connectivity index (χ3n) is 5.12. The molecule has 0 amide bonds. The van der Waals surface area contributed by atoms with Crippen molar-refractivity contribution in [3.8, 4) is 0 Å². The molecule has 23 heavy (non-hydrogen) atoms. The highest BCUT2D eigenvalue weighted by molar-refractivity contribution is 5.93. The minimum atomic E-state index is -0.568. The molecule has 0 heterocycles. The first-order chi connectivity index (χ1) is 11.1. The molecular weight excluding hydrogens is 280 g/mol. The molecule has 0 bridgehead atoms. The average Bonchev–Trinajstić information content (AvgIpc) is 3.00. The molecule has 1 heteroatoms. The maximum atomic E-state index is 10.9. The van der Waals surface area contributed by atoms with Gasteiger partial charge in [-0.3, -0.25) is 0 Å². The highest BCUT2D eigenvalue weighted by Gasteiger charge is 2.19. The number of aryl methyl sites for hydroxylation is 2. The molecule has 0 spiro atoms. The molecule has 0 radical (unpaired) electrons. The van der Waals surface area contributed by atoms with Gasteiger partial charge in [-0.2, -0.15) is 0 Å². The highest BCUT2D eigenvalue weighted by atomic mass is 16.3. The molecule has 1 atom stereocenters. The quantitative estimate of drug-likeness (QED) is 0.710. The van der Waals surface area contributed by atoms with Crippen LogP contribution in [0.15, 0.2) is 54.6 Å². The van der Waals surface area contributed by atoms with Gasteiger partial charge in [0.1, 0.15) is 6.10 Å². The van der Waals surface area contributed by atoms with Gasteiger partial charge in [-0.1, -0.05) is 68.4 Å². The Morgan fingerprint density at radius 3 is 2.13 bits per heavy atom. The molecule has 1 unspecified atom stereocenters. The zero-order valence-corrected chi connectivity index (χ0v) is 13.7. The van der Waals surface area contributed by atoms with Crippen molar-refractivity contribution < 1.29 is 5.11 Å². The Bertz CT molecular complexity index is 849. The molecule has 1 aliphatic carbocycles. The van der Waals surface area contributed by atoms with E-state index in [9.17, 15) is 5.11 Å². The lowest BCUT2D eigenvalue weighted by molar-refractivity contribution is 0.222. The van der Waals surface area contributed by atoms with E-state index >= 15 is 0 Å². The molecule has 0 aromatic heterocycles. The predicted molar refractivity (Wildman–Crippen MR) is 95.9 cm³/mol. The molecule has 3 aromatic rings. The molecule has 1 N–H and O–H groups in total. The van der Waals surface area contributed by atoms with Crippen LogP contribution in [-0.4, -0.2) is 5.11 Å². The zero-order chi connectivity index (χ0) is 16.0. The van der Waals surface area contributed by atoms with E-state index in [4.69, 9.17) is 0 Å². The number of benzene rings is 3. The second-order valence-corrected chi connectivity index (χ2v) is 6.88. The largest absolute Gasteiger partial charge is 0.384 e. The van der Waals surface area contributed by atoms with Gasteiger partial charge in [-0.25, -0.2) is 0 Å². The minimum absolute atomic E-state index is 0.512. The lowest BCUT2D eigenvalue weighted by Crippen LogP contribution is -2.01. The summed E-state index contributed by atoms with van der Waals surface area (Å²) >= 11 is 0. The monoisotopic (exact) mass is 302 g/mol. The Hall–Kier alpha value is -2.12. The van der Waals surface area contributed by atoms with E-state index in [1.54, 1.807) is 0 Å². The molecule has 0 fully saturated rings. The Morgan fingerprint density at radius 2 is 1.43 bits per heavy atom. The van der Waals surface area contributed by atoms with E-state index in [2.05, 4.69) is 68.4 Å². The summed E-state index contributed by atoms with van der Waals surface area (Å²) in [4.78, 5) is 0. The van der Waals surface area contributed by atoms with Crippen LogP contribution >= 0.6 is 0 Å². The maximum Gasteiger partial charge on any atom is 0.105 e. The van der Waals surface area contributed by atoms with E-state index < -0.39 is 6.10 Å². The van der Waals surface area contributed by atoms with Gasteiger partial charge in [-0.15, -0.1) is 0 Å². The molecule has 3 aromatic carbocycles. The fourth-order valence-corrected chi connectivity index (χ4v) is 3.75. The van der Waals surface area contributed by atoms with Crippen molar-refractivity contribution in [1.82, 2.24) is 0 Å². The van der Waals surface area contributed by atoms with Gasteiger partial charge in [0.2, 0.25) is 0 Å². The number of aliphatic hydroxyl groups is 1. The normalized spacial score (nSPS) is 14.6. The van der Waals surface area contributed by atoms with Crippen molar-refractivity contribution in [3.05, 3.63) is 82.4 Å². The Kier molecular flexibility index (Phi) is 3.46. The summed E-state index contributed by atoms with van der Waals surface area (Å²) in [7, 11) is 0. The van der Waals surface area contributed by atoms with Crippen LogP contribution in [0.2, 0.25) is 0 Å². The van der Waals surface area contributed by atoms with Gasteiger partial charge in [0.15, 0.2) is 0 Å². The van der Waals surface area contributed by atoms with Crippen LogP contribution in [0.25, 0.3) is 10.8 Å². The van der Waals surface area contributed by atoms with Crippen LogP contribution < -0.4 is 0 Å². The van der Waals surface area contributed by atoms with Crippen LogP contribution in [0.4, 0.5) is 0 Å². The summed E-state index contributed by atoms with van der Waals surface area (Å²) in [5, 5.41) is 13.5. The van der Waals surface area contributed by atoms with Gasteiger partial charge >= 0.3 is 0 Å². The fourth-order valence-electron chi connectivity index (χ4n) is 3.75. The first kappa shape index (κ1) is 14.5. The van der Waals surface area contributed by atoms with Crippen molar-refractivity contribution in [3.63, 3.8) is 0 Å². The number of hydrogen-bond acceptors (Lipinski definition) is 1. The average molecular weight is 302 g/mol. The van der Waals surface area contributed by atoms with Crippen molar-refractivity contribution >= 4 is 10.8 Å². The number of aliphatic hydroxyl groups excluding tert-OH is 1. The molecule has 1 nitrogen and oxygen atoms in total. The Morgan fingerprint density at radius 1 is 0.783 bits per heavy atom. The third kappa shape index (κ3) is 2.36. The predicted octanol–water partition coefficient (Wildman–Crippen LogP) is 5.14. The van der Waals surface area contributed by atoms with E-state index in [0.717, 1.165) is 24.0 Å². The summed E-state index contributed by atoms with van der Waals surface area (Å²) in [5.74, 6) is 0.512. The molecule has 4 rings (SSSR count). The topological polar surface area (TPSA) is 20.2 Å². The van der Waals surface area contributed by atoms with Crippen LogP contribution in [0.3, 0.4) is 0 Å². The lowest BCUT2D eigenvalue weighted by atomic mass is 9.92. The van der Waals surface area contributed by atoms with Crippen LogP contribution in [0.1, 0.15) is 53.7 Å².